The van der Waals surface area contributed by atoms with E-state index in [4.69, 9.17) is 31.8 Å². The summed E-state index contributed by atoms with van der Waals surface area (Å²) in [5.74, 6) is 98.5. The second-order valence-electron chi connectivity index (χ2n) is 14.9. The number of esters is 1. The minimum Gasteiger partial charge on any atom is -0.459 e. The molecule has 1 aliphatic rings. The Kier molecular flexibility index (Phi) is 28.5. The molecule has 0 saturated carbocycles. The Hall–Kier alpha value is -14.1. The summed E-state index contributed by atoms with van der Waals surface area (Å²) in [6, 6.07) is 12.9. The molecule has 3 unspecified atom stereocenters. The third-order valence-corrected chi connectivity index (χ3v) is 9.44. The predicted molar refractivity (Wildman–Crippen MR) is 404 cm³/mol. The third-order valence-electron chi connectivity index (χ3n) is 9.44. The van der Waals surface area contributed by atoms with Gasteiger partial charge in [0.1, 0.15) is 36.0 Å². The normalized spacial score (nSPS) is 11.0. The van der Waals surface area contributed by atoms with E-state index in [1.54, 1.807) is 55.5 Å². The molecule has 4 rings (SSSR count). The number of benzene rings is 2. The first-order valence-corrected chi connectivity index (χ1v) is 23.6. The van der Waals surface area contributed by atoms with Crippen LogP contribution < -0.4 is 26.0 Å². The number of rotatable bonds is 11. The summed E-state index contributed by atoms with van der Waals surface area (Å²) < 4.78 is 24.1. The van der Waals surface area contributed by atoms with Gasteiger partial charge < -0.3 is 24.3 Å². The zero-order valence-electron chi connectivity index (χ0n) is 43.7. The van der Waals surface area contributed by atoms with Crippen LogP contribution in [0, 0.1) is 269 Å². The maximum atomic E-state index is 13.5. The number of hydrogen-bond acceptors (Lipinski definition) is 8. The molecule has 3 aromatic rings. The van der Waals surface area contributed by atoms with Gasteiger partial charge in [-0.25, -0.2) is 4.79 Å². The number of amides is 1. The van der Waals surface area contributed by atoms with Crippen LogP contribution >= 0.6 is 0 Å². The number of hydrogen-bond donors (Lipinski definition) is 2. The average molecular weight is 1150 g/mol. The van der Waals surface area contributed by atoms with Crippen LogP contribution in [0.4, 0.5) is 0 Å². The highest BCUT2D eigenvalue weighted by Crippen LogP contribution is 2.32. The number of nitrogens with zero attached hydrogens (tertiary/aromatic N) is 1. The van der Waals surface area contributed by atoms with E-state index in [9.17, 15) is 19.2 Å². The molecule has 2 aromatic carbocycles. The van der Waals surface area contributed by atoms with Crippen molar-refractivity contribution in [1.82, 2.24) is 14.9 Å². The van der Waals surface area contributed by atoms with Crippen molar-refractivity contribution in [3.63, 3.8) is 0 Å². The van der Waals surface area contributed by atoms with E-state index in [-0.39, 0.29) is 82.0 Å². The molecular formula is C72H119N3O8. The van der Waals surface area contributed by atoms with E-state index in [1.165, 1.54) is 10.8 Å². The van der Waals surface area contributed by atoms with Crippen LogP contribution in [0.1, 0.15) is 124 Å². The summed E-state index contributed by atoms with van der Waals surface area (Å²) in [6.45, 7) is 3.42. The summed E-state index contributed by atoms with van der Waals surface area (Å²) >= 11 is 0. The van der Waals surface area contributed by atoms with Gasteiger partial charge in [-0.1, -0.05) is 31.2 Å². The highest BCUT2D eigenvalue weighted by Gasteiger charge is 2.38. The molecule has 3 atom stereocenters. The lowest BCUT2D eigenvalue weighted by molar-refractivity contribution is -0.153. The van der Waals surface area contributed by atoms with Crippen LogP contribution in [0.3, 0.4) is 0 Å². The van der Waals surface area contributed by atoms with E-state index in [2.05, 4.69) is 259 Å². The molecule has 83 heavy (non-hydrogen) atoms. The van der Waals surface area contributed by atoms with Crippen LogP contribution in [0.15, 0.2) is 64.3 Å². The van der Waals surface area contributed by atoms with E-state index < -0.39 is 47.6 Å². The highest BCUT2D eigenvalue weighted by atomic mass is 16.6. The maximum Gasteiger partial charge on any atom is 0.330 e. The topological polar surface area (TPSA) is 138 Å². The van der Waals surface area contributed by atoms with Gasteiger partial charge in [-0.15, -0.1) is 12.8 Å². The van der Waals surface area contributed by atoms with Crippen molar-refractivity contribution in [3.05, 3.63) is 92.3 Å². The molecule has 2 N–H and O–H groups in total. The van der Waals surface area contributed by atoms with Crippen LogP contribution in [-0.4, -0.2) is 33.6 Å². The fourth-order valence-electron chi connectivity index (χ4n) is 6.00. The fraction of sp³-hybridized carbons (Fsp3) is 0.139. The Morgan fingerprint density at radius 3 is 1.27 bits per heavy atom. The molecular weight excluding hydrogens is 1030 g/mol. The number of terminal acetylenes is 2. The number of nitrogens with one attached hydrogen (secondary N) is 2. The Morgan fingerprint density at radius 2 is 0.916 bits per heavy atom. The lowest BCUT2D eigenvalue weighted by Gasteiger charge is -2.21. The number of ether oxygens (including phenoxy) is 4. The van der Waals surface area contributed by atoms with Crippen molar-refractivity contribution in [2.75, 3.05) is 0 Å². The van der Waals surface area contributed by atoms with Gasteiger partial charge in [0.2, 0.25) is 5.91 Å². The van der Waals surface area contributed by atoms with E-state index in [1.807, 2.05) is 6.92 Å². The predicted octanol–water partition coefficient (Wildman–Crippen LogP) is 14.0. The minimum absolute atomic E-state index is 0. The van der Waals surface area contributed by atoms with E-state index in [0.717, 1.165) is 0 Å². The van der Waals surface area contributed by atoms with Crippen molar-refractivity contribution in [2.45, 2.75) is 64.0 Å². The van der Waals surface area contributed by atoms with Gasteiger partial charge in [0.15, 0.2) is 0 Å². The zero-order chi connectivity index (χ0) is 59.2. The SMILES string of the molecule is C#CC#CC#CC#CC#CC#CC#CC#CC#CC#CC#COc1ccc(C(NC(=O)CCC(=O)OC2CC(n3cc(C)c(=O)[nH]c3=O)OC2CC)c2ccc(OC#CC#CC#CC#CC#CC#CC#CC#CC#CC#CC#C)cc2)cc1.[HH].[HH].[HH].[HH].[HH].[HH].[HH].[HH].[HH].[HH].[HH].[HH].[HH].[HH].[HH].[HH].[HH].[HH].[HH].[HH].[HH].[HH].[HH].[HH].[HH].[HH].[HH].[HH].[HH].[HH].[HH].[HH].[HH].[HH].[HH].[HH].[HH].[HH].[HH].[HH].[HH].[HH].[HH].[HH]. The molecule has 470 valence electrons. The second kappa shape index (κ2) is 38.5. The largest absolute Gasteiger partial charge is 0.459 e. The van der Waals surface area contributed by atoms with Gasteiger partial charge in [-0.05, 0) is 143 Å². The molecule has 0 aliphatic carbocycles. The average Bonchev–Trinajstić information content (AvgIpc) is 1.71. The van der Waals surface area contributed by atoms with Gasteiger partial charge in [0.05, 0.1) is 18.6 Å². The quantitative estimate of drug-likeness (QED) is 0.143. The van der Waals surface area contributed by atoms with Crippen molar-refractivity contribution in [2.24, 2.45) is 0 Å². The second-order valence-corrected chi connectivity index (χ2v) is 14.9. The van der Waals surface area contributed by atoms with E-state index in [0.29, 0.717) is 34.6 Å². The molecule has 1 fully saturated rings. The molecule has 11 nitrogen and oxygen atoms in total. The number of aromatic amines is 1. The smallest absolute Gasteiger partial charge is 0.330 e. The van der Waals surface area contributed by atoms with Gasteiger partial charge in [-0.3, -0.25) is 23.9 Å². The summed E-state index contributed by atoms with van der Waals surface area (Å²) in [6.07, 6.45) is 14.5. The third kappa shape index (κ3) is 25.8. The van der Waals surface area contributed by atoms with Crippen LogP contribution in [0.25, 0.3) is 0 Å². The lowest BCUT2D eigenvalue weighted by Crippen LogP contribution is -2.33. The molecule has 0 bridgehead atoms. The molecule has 11 heteroatoms. The Balaban J connectivity index is -0.0000000431. The molecule has 2 heterocycles. The maximum absolute atomic E-state index is 13.5. The lowest BCUT2D eigenvalue weighted by atomic mass is 9.98. The van der Waals surface area contributed by atoms with E-state index >= 15 is 0 Å². The summed E-state index contributed by atoms with van der Waals surface area (Å²) in [5, 5.41) is 3.00. The first kappa shape index (κ1) is 61.5. The summed E-state index contributed by atoms with van der Waals surface area (Å²) in [4.78, 5) is 53.4. The van der Waals surface area contributed by atoms with Crippen molar-refractivity contribution in [3.8, 4) is 273 Å². The fourth-order valence-corrected chi connectivity index (χ4v) is 6.00. The van der Waals surface area contributed by atoms with Gasteiger partial charge >= 0.3 is 11.7 Å². The van der Waals surface area contributed by atoms with Crippen LogP contribution in [0.5, 0.6) is 11.5 Å². The molecule has 0 spiro atoms. The first-order valence-electron chi connectivity index (χ1n) is 23.6. The number of H-pyrrole nitrogens is 1. The van der Waals surface area contributed by atoms with Crippen molar-refractivity contribution >= 4 is 11.9 Å². The van der Waals surface area contributed by atoms with Crippen molar-refractivity contribution in [1.29, 1.82) is 0 Å². The molecule has 1 aliphatic heterocycles. The molecule has 1 aromatic heterocycles. The number of carbonyl (C=O) groups excluding carboxylic acids is 2. The highest BCUT2D eigenvalue weighted by molar-refractivity contribution is 5.82. The standard InChI is InChI=1S/C72H31N3O8.44H2/c1-5-8-10-12-14-16-18-20-22-24-26-28-30-32-34-36-38-40-42-44-56-80-63-50-46-61(47-51-63)70(73-67(76)54-55-69(77)83-66-58-68(82-65(66)7-3)75-59-60(4)71(78)74-72(75)79)62-48-52-64(53-49-62)81-57-45-43-41-39-37-35-33-31-29-27-25-23-21-19-17-15-13-11-9-6-2;;;;;;;;;;;;;;;;;;;;;;;;;;;;;;;;;;;;;;;;;;;;/h1-2,46-53,59,65-66,68,70H,7,54-55,58H2,3-4H3,(H,73,76)(H,74,78,79);44*1H. The summed E-state index contributed by atoms with van der Waals surface area (Å²) in [5.41, 5.74) is 0.481. The first-order chi connectivity index (χ1) is 40.7. The molecule has 1 saturated heterocycles. The monoisotopic (exact) mass is 1150 g/mol. The Labute approximate surface area is 548 Å². The summed E-state index contributed by atoms with van der Waals surface area (Å²) in [7, 11) is 0. The number of aryl methyl sites for hydroxylation is 1. The number of carbonyl (C=O) groups is 2. The van der Waals surface area contributed by atoms with Gasteiger partial charge in [-0.2, -0.15) is 0 Å². The van der Waals surface area contributed by atoms with Crippen LogP contribution in [-0.2, 0) is 19.1 Å². The molecule has 1 amide bonds. The minimum atomic E-state index is -0.767. The zero-order valence-corrected chi connectivity index (χ0v) is 43.7. The van der Waals surface area contributed by atoms with Gasteiger partial charge in [0, 0.05) is 229 Å². The van der Waals surface area contributed by atoms with Crippen LogP contribution in [0.2, 0.25) is 0 Å². The Bertz CT molecular complexity index is 4540. The molecule has 0 radical (unpaired) electrons. The number of aromatic nitrogens is 2. The Morgan fingerprint density at radius 1 is 0.566 bits per heavy atom. The van der Waals surface area contributed by atoms with Crippen molar-refractivity contribution < 1.29 is 91.3 Å². The van der Waals surface area contributed by atoms with Gasteiger partial charge in [0.25, 0.3) is 5.56 Å².